The van der Waals surface area contributed by atoms with Gasteiger partial charge < -0.3 is 4.52 Å². The summed E-state index contributed by atoms with van der Waals surface area (Å²) in [5.41, 5.74) is 8.34. The maximum Gasteiger partial charge on any atom is 0.169 e. The summed E-state index contributed by atoms with van der Waals surface area (Å²) in [6, 6.07) is 17.5. The van der Waals surface area contributed by atoms with Gasteiger partial charge in [0.25, 0.3) is 0 Å². The van der Waals surface area contributed by atoms with E-state index in [2.05, 4.69) is 34.4 Å². The van der Waals surface area contributed by atoms with Crippen LogP contribution in [0.1, 0.15) is 47.7 Å². The first-order valence-electron chi connectivity index (χ1n) is 10.8. The standard InChI is InChI=1S/C27H22ClN3O2/c1-15-4-5-20(14-29-15)19-8-11-22-23(13-19)26(18-6-9-21(28)10-7-18)30-24(12-16(2)32)27-25(22)17(3)31-33-27/h4-11,13-14,24H,12H2,1-3H3. The lowest BCUT2D eigenvalue weighted by molar-refractivity contribution is -0.117. The molecule has 1 atom stereocenters. The van der Waals surface area contributed by atoms with E-state index in [-0.39, 0.29) is 12.2 Å². The summed E-state index contributed by atoms with van der Waals surface area (Å²) in [5.74, 6) is 0.661. The quantitative estimate of drug-likeness (QED) is 0.350. The highest BCUT2D eigenvalue weighted by atomic mass is 35.5. The molecule has 0 N–H and O–H groups in total. The van der Waals surface area contributed by atoms with Gasteiger partial charge in [-0.1, -0.05) is 47.1 Å². The number of benzene rings is 2. The number of rotatable bonds is 4. The van der Waals surface area contributed by atoms with Gasteiger partial charge in [0, 0.05) is 40.0 Å². The number of carbonyl (C=O) groups is 1. The van der Waals surface area contributed by atoms with Crippen molar-refractivity contribution in [2.24, 2.45) is 4.99 Å². The van der Waals surface area contributed by atoms with Crippen LogP contribution in [-0.2, 0) is 4.79 Å². The highest BCUT2D eigenvalue weighted by molar-refractivity contribution is 6.30. The number of carbonyl (C=O) groups excluding carboxylic acids is 1. The number of aryl methyl sites for hydroxylation is 2. The Morgan fingerprint density at radius 2 is 1.70 bits per heavy atom. The van der Waals surface area contributed by atoms with Crippen LogP contribution in [0.5, 0.6) is 0 Å². The van der Waals surface area contributed by atoms with Gasteiger partial charge in [0.05, 0.1) is 17.0 Å². The van der Waals surface area contributed by atoms with E-state index in [1.54, 1.807) is 6.92 Å². The Labute approximate surface area is 197 Å². The fourth-order valence-corrected chi connectivity index (χ4v) is 4.38. The number of hydrogen-bond donors (Lipinski definition) is 0. The van der Waals surface area contributed by atoms with E-state index in [0.717, 1.165) is 50.5 Å². The smallest absolute Gasteiger partial charge is 0.169 e. The molecule has 1 unspecified atom stereocenters. The van der Waals surface area contributed by atoms with Crippen molar-refractivity contribution < 1.29 is 9.32 Å². The number of halogens is 1. The maximum atomic E-state index is 12.1. The van der Waals surface area contributed by atoms with E-state index in [9.17, 15) is 4.79 Å². The lowest BCUT2D eigenvalue weighted by Gasteiger charge is -2.14. The van der Waals surface area contributed by atoms with Crippen molar-refractivity contribution in [3.05, 3.63) is 94.1 Å². The summed E-state index contributed by atoms with van der Waals surface area (Å²) < 4.78 is 5.73. The molecule has 5 rings (SSSR count). The minimum absolute atomic E-state index is 0.0385. The molecule has 0 spiro atoms. The molecule has 4 aromatic rings. The number of Topliss-reactive ketones (excluding diaryl/α,β-unsaturated/α-hetero) is 1. The molecule has 6 heteroatoms. The van der Waals surface area contributed by atoms with E-state index >= 15 is 0 Å². The number of hydrogen-bond acceptors (Lipinski definition) is 5. The van der Waals surface area contributed by atoms with Crippen LogP contribution >= 0.6 is 11.6 Å². The van der Waals surface area contributed by atoms with Gasteiger partial charge in [0.15, 0.2) is 5.76 Å². The topological polar surface area (TPSA) is 68.3 Å². The van der Waals surface area contributed by atoms with Crippen molar-refractivity contribution in [1.82, 2.24) is 10.1 Å². The monoisotopic (exact) mass is 455 g/mol. The predicted molar refractivity (Wildman–Crippen MR) is 130 cm³/mol. The summed E-state index contributed by atoms with van der Waals surface area (Å²) in [6.45, 7) is 5.46. The van der Waals surface area contributed by atoms with E-state index in [1.165, 1.54) is 0 Å². The van der Waals surface area contributed by atoms with Crippen LogP contribution in [0.25, 0.3) is 22.3 Å². The average molecular weight is 456 g/mol. The summed E-state index contributed by atoms with van der Waals surface area (Å²) in [6.07, 6.45) is 2.11. The molecule has 0 bridgehead atoms. The Hall–Kier alpha value is -3.57. The molecule has 3 heterocycles. The van der Waals surface area contributed by atoms with Crippen LogP contribution < -0.4 is 0 Å². The van der Waals surface area contributed by atoms with Gasteiger partial charge in [0.1, 0.15) is 11.8 Å². The zero-order valence-electron chi connectivity index (χ0n) is 18.6. The van der Waals surface area contributed by atoms with Crippen LogP contribution in [0.15, 0.2) is 70.3 Å². The third-order valence-corrected chi connectivity index (χ3v) is 6.12. The first kappa shape index (κ1) is 21.3. The summed E-state index contributed by atoms with van der Waals surface area (Å²) in [7, 11) is 0. The van der Waals surface area contributed by atoms with Crippen molar-refractivity contribution >= 4 is 23.1 Å². The molecule has 2 aromatic heterocycles. The first-order chi connectivity index (χ1) is 15.9. The average Bonchev–Trinajstić information content (AvgIpc) is 3.12. The highest BCUT2D eigenvalue weighted by Crippen LogP contribution is 2.42. The Bertz CT molecular complexity index is 1390. The van der Waals surface area contributed by atoms with Crippen molar-refractivity contribution in [1.29, 1.82) is 0 Å². The zero-order valence-corrected chi connectivity index (χ0v) is 19.3. The fraction of sp³-hybridized carbons (Fsp3) is 0.185. The van der Waals surface area contributed by atoms with Gasteiger partial charge >= 0.3 is 0 Å². The van der Waals surface area contributed by atoms with Crippen molar-refractivity contribution in [3.8, 4) is 22.3 Å². The number of fused-ring (bicyclic) bond motifs is 3. The van der Waals surface area contributed by atoms with Gasteiger partial charge in [-0.05, 0) is 56.2 Å². The largest absolute Gasteiger partial charge is 0.358 e. The van der Waals surface area contributed by atoms with Gasteiger partial charge in [-0.25, -0.2) is 0 Å². The second-order valence-electron chi connectivity index (χ2n) is 8.36. The molecule has 0 saturated heterocycles. The number of aliphatic imine (C=N–C) groups is 1. The van der Waals surface area contributed by atoms with Gasteiger partial charge in [-0.3, -0.25) is 14.8 Å². The van der Waals surface area contributed by atoms with E-state index in [0.29, 0.717) is 10.8 Å². The second-order valence-corrected chi connectivity index (χ2v) is 8.80. The molecule has 33 heavy (non-hydrogen) atoms. The Morgan fingerprint density at radius 1 is 0.970 bits per heavy atom. The molecule has 5 nitrogen and oxygen atoms in total. The molecule has 0 aliphatic carbocycles. The molecule has 164 valence electrons. The third kappa shape index (κ3) is 4.00. The van der Waals surface area contributed by atoms with Gasteiger partial charge in [-0.2, -0.15) is 0 Å². The minimum Gasteiger partial charge on any atom is -0.358 e. The Balaban J connectivity index is 1.78. The fourth-order valence-electron chi connectivity index (χ4n) is 4.25. The number of aromatic nitrogens is 2. The van der Waals surface area contributed by atoms with Gasteiger partial charge in [-0.15, -0.1) is 0 Å². The molecular weight excluding hydrogens is 434 g/mol. The molecule has 1 aliphatic rings. The predicted octanol–water partition coefficient (Wildman–Crippen LogP) is 6.55. The molecule has 1 aliphatic heterocycles. The molecule has 0 saturated carbocycles. The second kappa shape index (κ2) is 8.41. The van der Waals surface area contributed by atoms with E-state index in [1.807, 2.05) is 50.4 Å². The van der Waals surface area contributed by atoms with E-state index < -0.39 is 6.04 Å². The summed E-state index contributed by atoms with van der Waals surface area (Å²) >= 11 is 6.16. The van der Waals surface area contributed by atoms with Gasteiger partial charge in [0.2, 0.25) is 0 Å². The van der Waals surface area contributed by atoms with Crippen LogP contribution in [-0.4, -0.2) is 21.6 Å². The SMILES string of the molecule is CC(=O)CC1N=C(c2ccc(Cl)cc2)c2cc(-c3ccc(C)nc3)ccc2-c2c(C)noc21. The summed E-state index contributed by atoms with van der Waals surface area (Å²) in [4.78, 5) is 21.6. The van der Waals surface area contributed by atoms with Crippen LogP contribution in [0.2, 0.25) is 5.02 Å². The molecule has 0 radical (unpaired) electrons. The third-order valence-electron chi connectivity index (χ3n) is 5.86. The Kier molecular flexibility index (Phi) is 5.43. The minimum atomic E-state index is -0.457. The Morgan fingerprint density at radius 3 is 2.39 bits per heavy atom. The van der Waals surface area contributed by atoms with Crippen molar-refractivity contribution in [2.75, 3.05) is 0 Å². The van der Waals surface area contributed by atoms with Crippen LogP contribution in [0.4, 0.5) is 0 Å². The number of ketones is 1. The number of nitrogens with zero attached hydrogens (tertiary/aromatic N) is 3. The lowest BCUT2D eigenvalue weighted by Crippen LogP contribution is -2.08. The molecule has 0 amide bonds. The van der Waals surface area contributed by atoms with Crippen molar-refractivity contribution in [3.63, 3.8) is 0 Å². The van der Waals surface area contributed by atoms with E-state index in [4.69, 9.17) is 21.1 Å². The summed E-state index contributed by atoms with van der Waals surface area (Å²) in [5, 5.41) is 4.87. The highest BCUT2D eigenvalue weighted by Gasteiger charge is 2.31. The first-order valence-corrected chi connectivity index (χ1v) is 11.2. The molecule has 0 fully saturated rings. The number of pyridine rings is 1. The molecule has 2 aromatic carbocycles. The zero-order chi connectivity index (χ0) is 23.1. The van der Waals surface area contributed by atoms with Crippen LogP contribution in [0.3, 0.4) is 0 Å². The van der Waals surface area contributed by atoms with Crippen LogP contribution in [0, 0.1) is 13.8 Å². The maximum absolute atomic E-state index is 12.1. The lowest BCUT2D eigenvalue weighted by atomic mass is 9.90. The van der Waals surface area contributed by atoms with Crippen molar-refractivity contribution in [2.45, 2.75) is 33.2 Å². The molecular formula is C27H22ClN3O2. The normalized spacial score (nSPS) is 14.8.